The van der Waals surface area contributed by atoms with Gasteiger partial charge in [0.15, 0.2) is 17.5 Å². The second kappa shape index (κ2) is 12.8. The SMILES string of the molecule is COc1ccnc(C(=O)N[C@H]2COCCCC(C(S)CCCC(F)(F)F)OC2=O)c1OC(C)=O. The van der Waals surface area contributed by atoms with Crippen molar-refractivity contribution in [2.75, 3.05) is 20.3 Å². The van der Waals surface area contributed by atoms with Crippen molar-refractivity contribution >= 4 is 30.5 Å². The van der Waals surface area contributed by atoms with Crippen molar-refractivity contribution in [3.8, 4) is 11.5 Å². The third-order valence-electron chi connectivity index (χ3n) is 4.86. The molecule has 2 heterocycles. The molecule has 3 atom stereocenters. The number of rotatable bonds is 8. The zero-order valence-corrected chi connectivity index (χ0v) is 19.6. The number of pyridine rings is 1. The van der Waals surface area contributed by atoms with Crippen LogP contribution in [0.3, 0.4) is 0 Å². The van der Waals surface area contributed by atoms with Gasteiger partial charge in [-0.2, -0.15) is 25.8 Å². The van der Waals surface area contributed by atoms with E-state index in [-0.39, 0.29) is 43.2 Å². The maximum Gasteiger partial charge on any atom is 0.389 e. The average Bonchev–Trinajstić information content (AvgIpc) is 2.83. The molecule has 2 rings (SSSR count). The Bertz CT molecular complexity index is 869. The van der Waals surface area contributed by atoms with Gasteiger partial charge in [0, 0.05) is 37.5 Å². The van der Waals surface area contributed by atoms with Crippen molar-refractivity contribution in [2.45, 2.75) is 62.6 Å². The van der Waals surface area contributed by atoms with E-state index in [1.54, 1.807) is 0 Å². The van der Waals surface area contributed by atoms with E-state index < -0.39 is 47.8 Å². The van der Waals surface area contributed by atoms with Crippen molar-refractivity contribution in [3.63, 3.8) is 0 Å². The number of carbonyl (C=O) groups is 3. The van der Waals surface area contributed by atoms with E-state index in [1.165, 1.54) is 19.4 Å². The largest absolute Gasteiger partial charge is 0.493 e. The number of esters is 2. The molecule has 1 aliphatic rings. The van der Waals surface area contributed by atoms with E-state index in [0.29, 0.717) is 12.8 Å². The smallest absolute Gasteiger partial charge is 0.389 e. The number of thiol groups is 1. The van der Waals surface area contributed by atoms with Gasteiger partial charge in [-0.3, -0.25) is 9.59 Å². The molecule has 0 saturated carbocycles. The number of nitrogens with one attached hydrogen (secondary N) is 1. The van der Waals surface area contributed by atoms with Crippen LogP contribution < -0.4 is 14.8 Å². The molecule has 1 aromatic heterocycles. The summed E-state index contributed by atoms with van der Waals surface area (Å²) in [7, 11) is 1.32. The maximum absolute atomic E-state index is 12.9. The van der Waals surface area contributed by atoms with Crippen molar-refractivity contribution in [1.82, 2.24) is 10.3 Å². The summed E-state index contributed by atoms with van der Waals surface area (Å²) >= 11 is 4.34. The monoisotopic (exact) mass is 508 g/mol. The minimum absolute atomic E-state index is 0.0838. The highest BCUT2D eigenvalue weighted by atomic mass is 32.1. The summed E-state index contributed by atoms with van der Waals surface area (Å²) in [4.78, 5) is 41.0. The van der Waals surface area contributed by atoms with E-state index in [0.717, 1.165) is 6.92 Å². The van der Waals surface area contributed by atoms with Gasteiger partial charge in [-0.25, -0.2) is 9.78 Å². The van der Waals surface area contributed by atoms with Crippen LogP contribution in [0, 0.1) is 0 Å². The van der Waals surface area contributed by atoms with E-state index in [1.807, 2.05) is 0 Å². The van der Waals surface area contributed by atoms with Gasteiger partial charge in [0.1, 0.15) is 6.10 Å². The summed E-state index contributed by atoms with van der Waals surface area (Å²) in [5.41, 5.74) is -0.294. The molecule has 1 saturated heterocycles. The number of cyclic esters (lactones) is 1. The zero-order valence-electron chi connectivity index (χ0n) is 18.7. The van der Waals surface area contributed by atoms with Crippen LogP contribution in [0.15, 0.2) is 12.3 Å². The fourth-order valence-electron chi connectivity index (χ4n) is 3.24. The number of halogens is 3. The molecule has 34 heavy (non-hydrogen) atoms. The van der Waals surface area contributed by atoms with Gasteiger partial charge in [0.2, 0.25) is 5.75 Å². The number of hydrogen-bond acceptors (Lipinski definition) is 9. The van der Waals surface area contributed by atoms with Crippen molar-refractivity contribution < 1.29 is 46.5 Å². The Labute approximate surface area is 200 Å². The Kier molecular flexibility index (Phi) is 10.4. The first-order valence-electron chi connectivity index (χ1n) is 10.6. The Morgan fingerprint density at radius 2 is 2.12 bits per heavy atom. The van der Waals surface area contributed by atoms with Crippen molar-refractivity contribution in [3.05, 3.63) is 18.0 Å². The molecule has 1 aromatic rings. The van der Waals surface area contributed by atoms with Gasteiger partial charge in [-0.1, -0.05) is 0 Å². The molecule has 0 aliphatic carbocycles. The Morgan fingerprint density at radius 1 is 1.38 bits per heavy atom. The number of carbonyl (C=O) groups excluding carboxylic acids is 3. The number of amides is 1. The predicted molar refractivity (Wildman–Crippen MR) is 116 cm³/mol. The Balaban J connectivity index is 2.11. The third-order valence-corrected chi connectivity index (χ3v) is 5.45. The first kappa shape index (κ1) is 27.7. The molecule has 190 valence electrons. The van der Waals surface area contributed by atoms with Gasteiger partial charge >= 0.3 is 18.1 Å². The average molecular weight is 509 g/mol. The lowest BCUT2D eigenvalue weighted by atomic mass is 10.1. The van der Waals surface area contributed by atoms with Crippen LogP contribution in [0.25, 0.3) is 0 Å². The second-order valence-corrected chi connectivity index (χ2v) is 8.24. The summed E-state index contributed by atoms with van der Waals surface area (Å²) < 4.78 is 58.4. The van der Waals surface area contributed by atoms with Crippen LogP contribution in [0.5, 0.6) is 11.5 Å². The predicted octanol–water partition coefficient (Wildman–Crippen LogP) is 2.87. The maximum atomic E-state index is 12.9. The molecule has 0 radical (unpaired) electrons. The summed E-state index contributed by atoms with van der Waals surface area (Å²) in [6.45, 7) is 1.19. The van der Waals surface area contributed by atoms with Gasteiger partial charge in [-0.15, -0.1) is 0 Å². The number of aromatic nitrogens is 1. The van der Waals surface area contributed by atoms with Crippen LogP contribution in [0.4, 0.5) is 13.2 Å². The summed E-state index contributed by atoms with van der Waals surface area (Å²) in [5, 5.41) is 1.83. The highest BCUT2D eigenvalue weighted by Crippen LogP contribution is 2.30. The van der Waals surface area contributed by atoms with Gasteiger partial charge in [-0.05, 0) is 25.7 Å². The van der Waals surface area contributed by atoms with Gasteiger partial charge in [0.25, 0.3) is 5.91 Å². The highest BCUT2D eigenvalue weighted by molar-refractivity contribution is 7.81. The quantitative estimate of drug-likeness (QED) is 0.407. The van der Waals surface area contributed by atoms with Crippen LogP contribution in [-0.4, -0.2) is 66.7 Å². The standard InChI is InChI=1S/C21H27F3N2O7S/c1-12(27)32-18-15(30-2)7-9-25-17(18)19(28)26-13-11-31-10-4-5-14(33-20(13)29)16(34)6-3-8-21(22,23)24/h7,9,13-14,16,34H,3-6,8,10-11H2,1-2H3,(H,26,28)/t13-,14?,16?/m0/s1. The third kappa shape index (κ3) is 8.67. The number of alkyl halides is 3. The molecular weight excluding hydrogens is 481 g/mol. The first-order valence-corrected chi connectivity index (χ1v) is 11.1. The topological polar surface area (TPSA) is 113 Å². The van der Waals surface area contributed by atoms with Crippen LogP contribution in [-0.2, 0) is 19.1 Å². The van der Waals surface area contributed by atoms with Gasteiger partial charge in [0.05, 0.1) is 13.7 Å². The minimum Gasteiger partial charge on any atom is -0.493 e. The molecule has 1 N–H and O–H groups in total. The molecule has 13 heteroatoms. The first-order chi connectivity index (χ1) is 16.0. The lowest BCUT2D eigenvalue weighted by molar-refractivity contribution is -0.153. The number of ether oxygens (including phenoxy) is 4. The van der Waals surface area contributed by atoms with Crippen LogP contribution in [0.1, 0.15) is 49.5 Å². The number of nitrogens with zero attached hydrogens (tertiary/aromatic N) is 1. The highest BCUT2D eigenvalue weighted by Gasteiger charge is 2.33. The van der Waals surface area contributed by atoms with Crippen molar-refractivity contribution in [1.29, 1.82) is 0 Å². The fraction of sp³-hybridized carbons (Fsp3) is 0.619. The second-order valence-electron chi connectivity index (χ2n) is 7.58. The van der Waals surface area contributed by atoms with E-state index in [9.17, 15) is 27.6 Å². The van der Waals surface area contributed by atoms with E-state index >= 15 is 0 Å². The minimum atomic E-state index is -4.27. The Hall–Kier alpha value is -2.54. The van der Waals surface area contributed by atoms with Gasteiger partial charge < -0.3 is 24.3 Å². The summed E-state index contributed by atoms with van der Waals surface area (Å²) in [5.74, 6) is -2.51. The number of methoxy groups -OCH3 is 1. The summed E-state index contributed by atoms with van der Waals surface area (Å²) in [6.07, 6.45) is -3.93. The fourth-order valence-corrected chi connectivity index (χ4v) is 3.63. The van der Waals surface area contributed by atoms with Crippen LogP contribution in [0.2, 0.25) is 0 Å². The molecule has 1 fully saturated rings. The zero-order chi connectivity index (χ0) is 25.3. The normalized spacial score (nSPS) is 20.2. The lowest BCUT2D eigenvalue weighted by Crippen LogP contribution is -2.46. The molecule has 2 unspecified atom stereocenters. The lowest BCUT2D eigenvalue weighted by Gasteiger charge is -2.25. The molecule has 1 aliphatic heterocycles. The Morgan fingerprint density at radius 3 is 2.76 bits per heavy atom. The molecule has 0 spiro atoms. The van der Waals surface area contributed by atoms with E-state index in [2.05, 4.69) is 22.9 Å². The molecule has 0 bridgehead atoms. The number of hydrogen-bond donors (Lipinski definition) is 2. The molecular formula is C21H27F3N2O7S. The molecule has 0 aromatic carbocycles. The van der Waals surface area contributed by atoms with Crippen molar-refractivity contribution in [2.24, 2.45) is 0 Å². The van der Waals surface area contributed by atoms with Crippen LogP contribution >= 0.6 is 12.6 Å². The molecule has 1 amide bonds. The summed E-state index contributed by atoms with van der Waals surface area (Å²) in [6, 6.07) is 0.157. The van der Waals surface area contributed by atoms with E-state index in [4.69, 9.17) is 18.9 Å². The molecule has 9 nitrogen and oxygen atoms in total.